The SMILES string of the molecule is CS(=O)(=O)Nc1ccc(C(=O)C2CCN(CCCc3ccncc3)CC2)cc1.Cl.Cl. The molecule has 0 unspecified atom stereocenters. The largest absolute Gasteiger partial charge is 0.303 e. The van der Waals surface area contributed by atoms with Gasteiger partial charge in [-0.05, 0) is 87.3 Å². The maximum absolute atomic E-state index is 12.7. The summed E-state index contributed by atoms with van der Waals surface area (Å²) in [7, 11) is -3.31. The van der Waals surface area contributed by atoms with Crippen LogP contribution in [0.2, 0.25) is 0 Å². The second-order valence-corrected chi connectivity index (χ2v) is 9.14. The molecule has 2 heterocycles. The van der Waals surface area contributed by atoms with Gasteiger partial charge in [0, 0.05) is 29.6 Å². The number of aromatic nitrogens is 1. The van der Waals surface area contributed by atoms with Crippen molar-refractivity contribution < 1.29 is 13.2 Å². The highest BCUT2D eigenvalue weighted by Gasteiger charge is 2.25. The van der Waals surface area contributed by atoms with Gasteiger partial charge in [-0.2, -0.15) is 0 Å². The summed E-state index contributed by atoms with van der Waals surface area (Å²) in [5, 5.41) is 0. The van der Waals surface area contributed by atoms with Gasteiger partial charge in [0.05, 0.1) is 6.26 Å². The molecule has 1 aliphatic rings. The molecule has 1 fully saturated rings. The van der Waals surface area contributed by atoms with Gasteiger partial charge in [0.25, 0.3) is 0 Å². The lowest BCUT2D eigenvalue weighted by Crippen LogP contribution is -2.37. The van der Waals surface area contributed by atoms with Crippen LogP contribution in [0.3, 0.4) is 0 Å². The Morgan fingerprint density at radius 3 is 2.23 bits per heavy atom. The van der Waals surface area contributed by atoms with E-state index in [1.165, 1.54) is 5.56 Å². The maximum Gasteiger partial charge on any atom is 0.229 e. The van der Waals surface area contributed by atoms with E-state index in [4.69, 9.17) is 0 Å². The Morgan fingerprint density at radius 1 is 1.07 bits per heavy atom. The lowest BCUT2D eigenvalue weighted by Gasteiger charge is -2.31. The van der Waals surface area contributed by atoms with Gasteiger partial charge in [-0.25, -0.2) is 8.42 Å². The number of nitrogens with one attached hydrogen (secondary N) is 1. The fourth-order valence-corrected chi connectivity index (χ4v) is 4.19. The first-order valence-electron chi connectivity index (χ1n) is 9.64. The van der Waals surface area contributed by atoms with Crippen molar-refractivity contribution in [1.82, 2.24) is 9.88 Å². The van der Waals surface area contributed by atoms with E-state index in [9.17, 15) is 13.2 Å². The van der Waals surface area contributed by atoms with E-state index in [0.29, 0.717) is 11.3 Å². The van der Waals surface area contributed by atoms with Gasteiger partial charge in [0.2, 0.25) is 10.0 Å². The number of halogens is 2. The molecule has 1 aliphatic heterocycles. The number of benzene rings is 1. The fraction of sp³-hybridized carbons (Fsp3) is 0.429. The first kappa shape index (κ1) is 26.4. The molecule has 6 nitrogen and oxygen atoms in total. The van der Waals surface area contributed by atoms with Gasteiger partial charge in [-0.15, -0.1) is 24.8 Å². The molecule has 0 radical (unpaired) electrons. The fourth-order valence-electron chi connectivity index (χ4n) is 3.63. The van der Waals surface area contributed by atoms with Crippen LogP contribution in [0, 0.1) is 5.92 Å². The van der Waals surface area contributed by atoms with Crippen molar-refractivity contribution in [2.24, 2.45) is 5.92 Å². The van der Waals surface area contributed by atoms with E-state index in [-0.39, 0.29) is 36.5 Å². The molecule has 0 bridgehead atoms. The minimum absolute atomic E-state index is 0. The molecular formula is C21H29Cl2N3O3S. The Kier molecular flexibility index (Phi) is 10.8. The van der Waals surface area contributed by atoms with E-state index in [1.54, 1.807) is 24.3 Å². The summed E-state index contributed by atoms with van der Waals surface area (Å²) in [6.45, 7) is 2.94. The number of hydrogen-bond acceptors (Lipinski definition) is 5. The third kappa shape index (κ3) is 8.22. The van der Waals surface area contributed by atoms with Crippen molar-refractivity contribution in [3.63, 3.8) is 0 Å². The molecule has 2 aromatic rings. The third-order valence-corrected chi connectivity index (χ3v) is 5.73. The molecule has 9 heteroatoms. The maximum atomic E-state index is 12.7. The number of likely N-dealkylation sites (tertiary alicyclic amines) is 1. The zero-order valence-electron chi connectivity index (χ0n) is 17.0. The second kappa shape index (κ2) is 12.2. The molecule has 3 rings (SSSR count). The summed E-state index contributed by atoms with van der Waals surface area (Å²) in [5.74, 6) is 0.201. The van der Waals surface area contributed by atoms with Gasteiger partial charge in [0.1, 0.15) is 0 Å². The molecule has 30 heavy (non-hydrogen) atoms. The Balaban J connectivity index is 0.00000225. The third-order valence-electron chi connectivity index (χ3n) is 5.12. The highest BCUT2D eigenvalue weighted by molar-refractivity contribution is 7.92. The molecule has 0 aliphatic carbocycles. The number of carbonyl (C=O) groups excluding carboxylic acids is 1. The molecule has 0 amide bonds. The molecule has 0 spiro atoms. The number of piperidine rings is 1. The minimum atomic E-state index is -3.31. The molecule has 1 N–H and O–H groups in total. The molecule has 0 saturated carbocycles. The summed E-state index contributed by atoms with van der Waals surface area (Å²) in [6, 6.07) is 10.8. The van der Waals surface area contributed by atoms with Crippen LogP contribution < -0.4 is 4.72 Å². The van der Waals surface area contributed by atoms with Crippen molar-refractivity contribution in [3.8, 4) is 0 Å². The van der Waals surface area contributed by atoms with Crippen molar-refractivity contribution in [2.45, 2.75) is 25.7 Å². The van der Waals surface area contributed by atoms with Crippen LogP contribution in [0.5, 0.6) is 0 Å². The number of Topliss-reactive ketones (excluding diaryl/α,β-unsaturated/α-hetero) is 1. The highest BCUT2D eigenvalue weighted by Crippen LogP contribution is 2.23. The number of sulfonamides is 1. The topological polar surface area (TPSA) is 79.4 Å². The van der Waals surface area contributed by atoms with Gasteiger partial charge in [-0.1, -0.05) is 0 Å². The lowest BCUT2D eigenvalue weighted by atomic mass is 9.88. The van der Waals surface area contributed by atoms with Crippen molar-refractivity contribution >= 4 is 46.3 Å². The van der Waals surface area contributed by atoms with Gasteiger partial charge < -0.3 is 4.90 Å². The summed E-state index contributed by atoms with van der Waals surface area (Å²) in [4.78, 5) is 19.2. The van der Waals surface area contributed by atoms with Crippen LogP contribution in [0.25, 0.3) is 0 Å². The number of ketones is 1. The number of anilines is 1. The van der Waals surface area contributed by atoms with Crippen molar-refractivity contribution in [2.75, 3.05) is 30.6 Å². The Morgan fingerprint density at radius 2 is 1.67 bits per heavy atom. The van der Waals surface area contributed by atoms with E-state index in [1.807, 2.05) is 12.4 Å². The molecule has 1 saturated heterocycles. The second-order valence-electron chi connectivity index (χ2n) is 7.39. The average molecular weight is 474 g/mol. The summed E-state index contributed by atoms with van der Waals surface area (Å²) >= 11 is 0. The monoisotopic (exact) mass is 473 g/mol. The van der Waals surface area contributed by atoms with E-state index < -0.39 is 10.0 Å². The Labute approximate surface area is 191 Å². The molecule has 0 atom stereocenters. The Bertz CT molecular complexity index is 885. The number of nitrogens with zero attached hydrogens (tertiary/aromatic N) is 2. The van der Waals surface area contributed by atoms with E-state index >= 15 is 0 Å². The lowest BCUT2D eigenvalue weighted by molar-refractivity contribution is 0.0839. The van der Waals surface area contributed by atoms with Crippen LogP contribution >= 0.6 is 24.8 Å². The number of aryl methyl sites for hydroxylation is 1. The summed E-state index contributed by atoms with van der Waals surface area (Å²) in [5.41, 5.74) is 2.44. The minimum Gasteiger partial charge on any atom is -0.303 e. The summed E-state index contributed by atoms with van der Waals surface area (Å²) < 4.78 is 25.0. The zero-order chi connectivity index (χ0) is 20.0. The number of rotatable bonds is 8. The quantitative estimate of drug-likeness (QED) is 0.589. The average Bonchev–Trinajstić information content (AvgIpc) is 2.68. The molecule has 1 aromatic heterocycles. The zero-order valence-corrected chi connectivity index (χ0v) is 19.4. The molecule has 166 valence electrons. The first-order valence-corrected chi connectivity index (χ1v) is 11.5. The predicted molar refractivity (Wildman–Crippen MR) is 125 cm³/mol. The van der Waals surface area contributed by atoms with Gasteiger partial charge >= 0.3 is 0 Å². The van der Waals surface area contributed by atoms with Gasteiger partial charge in [0.15, 0.2) is 5.78 Å². The number of hydrogen-bond donors (Lipinski definition) is 1. The van der Waals surface area contributed by atoms with Gasteiger partial charge in [-0.3, -0.25) is 14.5 Å². The normalized spacial score (nSPS) is 15.0. The van der Waals surface area contributed by atoms with Crippen LogP contribution in [-0.2, 0) is 16.4 Å². The van der Waals surface area contributed by atoms with Crippen LogP contribution in [-0.4, -0.2) is 50.0 Å². The van der Waals surface area contributed by atoms with E-state index in [0.717, 1.165) is 51.6 Å². The standard InChI is InChI=1S/C21H27N3O3S.2ClH/c1-28(26,27)23-20-6-4-18(5-7-20)21(25)19-10-15-24(16-11-19)14-2-3-17-8-12-22-13-9-17;;/h4-9,12-13,19,23H,2-3,10-11,14-16H2,1H3;2*1H. The highest BCUT2D eigenvalue weighted by atomic mass is 35.5. The Hall–Kier alpha value is -1.67. The van der Waals surface area contributed by atoms with Crippen molar-refractivity contribution in [1.29, 1.82) is 0 Å². The predicted octanol–water partition coefficient (Wildman–Crippen LogP) is 3.82. The van der Waals surface area contributed by atoms with Crippen molar-refractivity contribution in [3.05, 3.63) is 59.9 Å². The van der Waals surface area contributed by atoms with Crippen LogP contribution in [0.4, 0.5) is 5.69 Å². The molecule has 1 aromatic carbocycles. The smallest absolute Gasteiger partial charge is 0.229 e. The summed E-state index contributed by atoms with van der Waals surface area (Å²) in [6.07, 6.45) is 8.67. The van der Waals surface area contributed by atoms with Crippen LogP contribution in [0.1, 0.15) is 35.2 Å². The van der Waals surface area contributed by atoms with E-state index in [2.05, 4.69) is 26.7 Å². The van der Waals surface area contributed by atoms with Crippen LogP contribution in [0.15, 0.2) is 48.8 Å². The first-order chi connectivity index (χ1) is 13.4. The molecular weight excluding hydrogens is 445 g/mol. The number of pyridine rings is 1. The number of carbonyl (C=O) groups is 1.